The summed E-state index contributed by atoms with van der Waals surface area (Å²) in [6.45, 7) is 1.54. The van der Waals surface area contributed by atoms with E-state index >= 15 is 0 Å². The van der Waals surface area contributed by atoms with E-state index < -0.39 is 0 Å². The maximum atomic E-state index is 5.54. The van der Waals surface area contributed by atoms with Crippen molar-refractivity contribution in [3.05, 3.63) is 0 Å². The highest BCUT2D eigenvalue weighted by Gasteiger charge is 1.97. The summed E-state index contributed by atoms with van der Waals surface area (Å²) in [5.41, 5.74) is 11.1. The molecule has 1 aliphatic heterocycles. The largest absolute Gasteiger partial charge is 0.370 e. The second-order valence-electron chi connectivity index (χ2n) is 3.07. The Balaban J connectivity index is 0.00000169. The van der Waals surface area contributed by atoms with E-state index in [4.69, 9.17) is 11.5 Å². The third-order valence-corrected chi connectivity index (χ3v) is 1.89. The van der Waals surface area contributed by atoms with Gasteiger partial charge in [-0.2, -0.15) is 0 Å². The van der Waals surface area contributed by atoms with Gasteiger partial charge in [-0.3, -0.25) is 15.3 Å². The molecule has 14 heavy (non-hydrogen) atoms. The molecule has 0 bridgehead atoms. The molecule has 0 fully saturated rings. The molecular weight excluding hydrogens is 202 g/mol. The van der Waals surface area contributed by atoms with Crippen LogP contribution in [0.25, 0.3) is 0 Å². The second kappa shape index (κ2) is 7.44. The predicted octanol–water partition coefficient (Wildman–Crippen LogP) is 0.201. The molecule has 0 spiro atoms. The van der Waals surface area contributed by atoms with Crippen LogP contribution in [-0.4, -0.2) is 25.0 Å². The van der Waals surface area contributed by atoms with Crippen LogP contribution in [0.3, 0.4) is 0 Å². The van der Waals surface area contributed by atoms with E-state index in [9.17, 15) is 0 Å². The van der Waals surface area contributed by atoms with Crippen LogP contribution in [0.1, 0.15) is 25.7 Å². The molecular formula is C8H18ClN5. The minimum atomic E-state index is 0. The molecule has 82 valence electrons. The molecule has 0 amide bonds. The first-order valence-electron chi connectivity index (χ1n) is 4.66. The Morgan fingerprint density at radius 1 is 0.857 bits per heavy atom. The number of aliphatic imine (C=N–C) groups is 2. The fourth-order valence-corrected chi connectivity index (χ4v) is 1.19. The molecule has 0 aromatic heterocycles. The molecule has 0 unspecified atom stereocenters. The third kappa shape index (κ3) is 5.64. The van der Waals surface area contributed by atoms with Crippen molar-refractivity contribution in [3.8, 4) is 0 Å². The SMILES string of the molecule is Cl.NC1=NCCCCCCN=C(N)N1. The molecule has 1 aliphatic rings. The number of hydrogen-bond acceptors (Lipinski definition) is 5. The third-order valence-electron chi connectivity index (χ3n) is 1.89. The Kier molecular flexibility index (Phi) is 6.92. The summed E-state index contributed by atoms with van der Waals surface area (Å²) >= 11 is 0. The lowest BCUT2D eigenvalue weighted by molar-refractivity contribution is 0.655. The van der Waals surface area contributed by atoms with Crippen LogP contribution >= 0.6 is 12.4 Å². The zero-order valence-corrected chi connectivity index (χ0v) is 9.02. The maximum absolute atomic E-state index is 5.54. The van der Waals surface area contributed by atoms with Gasteiger partial charge in [-0.15, -0.1) is 12.4 Å². The van der Waals surface area contributed by atoms with Gasteiger partial charge in [0.1, 0.15) is 0 Å². The van der Waals surface area contributed by atoms with Crippen molar-refractivity contribution in [2.75, 3.05) is 13.1 Å². The highest BCUT2D eigenvalue weighted by atomic mass is 35.5. The topological polar surface area (TPSA) is 88.8 Å². The summed E-state index contributed by atoms with van der Waals surface area (Å²) in [4.78, 5) is 8.20. The predicted molar refractivity (Wildman–Crippen MR) is 61.8 cm³/mol. The monoisotopic (exact) mass is 219 g/mol. The van der Waals surface area contributed by atoms with Gasteiger partial charge in [-0.05, 0) is 12.8 Å². The molecule has 0 saturated heterocycles. The number of nitrogens with two attached hydrogens (primary N) is 2. The molecule has 5 N–H and O–H groups in total. The number of nitrogens with one attached hydrogen (secondary N) is 1. The zero-order valence-electron chi connectivity index (χ0n) is 8.20. The summed E-state index contributed by atoms with van der Waals surface area (Å²) < 4.78 is 0. The van der Waals surface area contributed by atoms with Crippen molar-refractivity contribution in [2.24, 2.45) is 21.5 Å². The summed E-state index contributed by atoms with van der Waals surface area (Å²) in [7, 11) is 0. The normalized spacial score (nSPS) is 19.1. The van der Waals surface area contributed by atoms with E-state index in [1.54, 1.807) is 0 Å². The zero-order chi connectivity index (χ0) is 9.52. The van der Waals surface area contributed by atoms with Gasteiger partial charge < -0.3 is 11.5 Å². The number of rotatable bonds is 0. The van der Waals surface area contributed by atoms with Crippen molar-refractivity contribution < 1.29 is 0 Å². The number of halogens is 1. The Morgan fingerprint density at radius 3 is 1.71 bits per heavy atom. The van der Waals surface area contributed by atoms with Gasteiger partial charge in [0.05, 0.1) is 0 Å². The first-order chi connectivity index (χ1) is 6.29. The fourth-order valence-electron chi connectivity index (χ4n) is 1.19. The quantitative estimate of drug-likeness (QED) is 0.544. The van der Waals surface area contributed by atoms with Crippen molar-refractivity contribution in [1.82, 2.24) is 5.32 Å². The minimum absolute atomic E-state index is 0. The van der Waals surface area contributed by atoms with Crippen molar-refractivity contribution >= 4 is 24.3 Å². The molecule has 0 aliphatic carbocycles. The fraction of sp³-hybridized carbons (Fsp3) is 0.750. The van der Waals surface area contributed by atoms with Gasteiger partial charge in [0.25, 0.3) is 0 Å². The Bertz CT molecular complexity index is 192. The van der Waals surface area contributed by atoms with Crippen molar-refractivity contribution in [3.63, 3.8) is 0 Å². The maximum Gasteiger partial charge on any atom is 0.195 e. The molecule has 0 atom stereocenters. The van der Waals surface area contributed by atoms with Crippen LogP contribution in [0.15, 0.2) is 9.98 Å². The Morgan fingerprint density at radius 2 is 1.29 bits per heavy atom. The smallest absolute Gasteiger partial charge is 0.195 e. The Labute approximate surface area is 90.5 Å². The summed E-state index contributed by atoms with van der Waals surface area (Å²) in [5.74, 6) is 0.728. The average molecular weight is 220 g/mol. The van der Waals surface area contributed by atoms with Gasteiger partial charge in [-0.25, -0.2) is 0 Å². The van der Waals surface area contributed by atoms with Crippen LogP contribution in [0.4, 0.5) is 0 Å². The Hall–Kier alpha value is -0.970. The summed E-state index contributed by atoms with van der Waals surface area (Å²) in [6.07, 6.45) is 4.54. The first-order valence-corrected chi connectivity index (χ1v) is 4.66. The highest BCUT2D eigenvalue weighted by Crippen LogP contribution is 2.00. The van der Waals surface area contributed by atoms with Crippen molar-refractivity contribution in [1.29, 1.82) is 0 Å². The van der Waals surface area contributed by atoms with Crippen LogP contribution in [0.5, 0.6) is 0 Å². The number of guanidine groups is 2. The van der Waals surface area contributed by atoms with Gasteiger partial charge in [0.15, 0.2) is 11.9 Å². The van der Waals surface area contributed by atoms with Gasteiger partial charge in [-0.1, -0.05) is 12.8 Å². The molecule has 0 radical (unpaired) electrons. The second-order valence-corrected chi connectivity index (χ2v) is 3.07. The molecule has 0 aromatic rings. The lowest BCUT2D eigenvalue weighted by Crippen LogP contribution is -2.41. The van der Waals surface area contributed by atoms with Gasteiger partial charge >= 0.3 is 0 Å². The standard InChI is InChI=1S/C8H17N5.ClH/c9-7-11-5-3-1-2-4-6-12-8(10)13-7;/h1-6H2,(H5,9,10,11,12,13);1H. The minimum Gasteiger partial charge on any atom is -0.370 e. The van der Waals surface area contributed by atoms with Crippen LogP contribution in [0.2, 0.25) is 0 Å². The molecule has 1 heterocycles. The lowest BCUT2D eigenvalue weighted by atomic mass is 10.2. The van der Waals surface area contributed by atoms with E-state index in [0.717, 1.165) is 25.9 Å². The molecule has 1 rings (SSSR count). The van der Waals surface area contributed by atoms with Crippen molar-refractivity contribution in [2.45, 2.75) is 25.7 Å². The average Bonchev–Trinajstić information content (AvgIpc) is 2.11. The molecule has 0 aromatic carbocycles. The molecule has 5 nitrogen and oxygen atoms in total. The van der Waals surface area contributed by atoms with Crippen LogP contribution < -0.4 is 16.8 Å². The van der Waals surface area contributed by atoms with E-state index in [1.165, 1.54) is 12.8 Å². The van der Waals surface area contributed by atoms with E-state index in [-0.39, 0.29) is 12.4 Å². The number of hydrogen-bond donors (Lipinski definition) is 3. The molecule has 0 saturated carbocycles. The van der Waals surface area contributed by atoms with Gasteiger partial charge in [0, 0.05) is 13.1 Å². The van der Waals surface area contributed by atoms with E-state index in [2.05, 4.69) is 15.3 Å². The summed E-state index contributed by atoms with van der Waals surface area (Å²) in [5, 5.41) is 2.73. The summed E-state index contributed by atoms with van der Waals surface area (Å²) in [6, 6.07) is 0. The first kappa shape index (κ1) is 13.0. The molecule has 6 heteroatoms. The highest BCUT2D eigenvalue weighted by molar-refractivity contribution is 5.96. The van der Waals surface area contributed by atoms with Crippen LogP contribution in [0, 0.1) is 0 Å². The van der Waals surface area contributed by atoms with E-state index in [0.29, 0.717) is 11.9 Å². The lowest BCUT2D eigenvalue weighted by Gasteiger charge is -2.02. The van der Waals surface area contributed by atoms with Crippen LogP contribution in [-0.2, 0) is 0 Å². The van der Waals surface area contributed by atoms with E-state index in [1.807, 2.05) is 0 Å². The number of nitrogens with zero attached hydrogens (tertiary/aromatic N) is 2. The van der Waals surface area contributed by atoms with Gasteiger partial charge in [0.2, 0.25) is 0 Å².